The molecule has 0 aliphatic rings. The number of hydrogen-bond donors (Lipinski definition) is 2. The third-order valence-electron chi connectivity index (χ3n) is 2.79. The first-order valence-electron chi connectivity index (χ1n) is 5.43. The number of oxime groups is 1. The van der Waals surface area contributed by atoms with E-state index in [9.17, 15) is 4.79 Å². The number of hydrogen-bond acceptors (Lipinski definition) is 3. The lowest BCUT2D eigenvalue weighted by molar-refractivity contribution is -0.130. The Kier molecular flexibility index (Phi) is 4.97. The molecule has 0 fully saturated rings. The zero-order chi connectivity index (χ0) is 13.7. The van der Waals surface area contributed by atoms with Gasteiger partial charge in [-0.05, 0) is 24.6 Å². The van der Waals surface area contributed by atoms with Gasteiger partial charge in [-0.25, -0.2) is 0 Å². The number of nitrogens with zero attached hydrogens (tertiary/aromatic N) is 2. The van der Waals surface area contributed by atoms with Gasteiger partial charge in [-0.15, -0.1) is 0 Å². The summed E-state index contributed by atoms with van der Waals surface area (Å²) >= 11 is 5.81. The Morgan fingerprint density at radius 1 is 1.50 bits per heavy atom. The van der Waals surface area contributed by atoms with Crippen molar-refractivity contribution in [3.63, 3.8) is 0 Å². The SMILES string of the molecule is CC(c1ccc(Cl)cc1)N(C)C(=O)CC(N)=NO. The summed E-state index contributed by atoms with van der Waals surface area (Å²) in [4.78, 5) is 13.4. The number of amides is 1. The summed E-state index contributed by atoms with van der Waals surface area (Å²) in [6.45, 7) is 1.90. The molecule has 3 N–H and O–H groups in total. The van der Waals surface area contributed by atoms with Crippen LogP contribution in [0.1, 0.15) is 24.9 Å². The zero-order valence-corrected chi connectivity index (χ0v) is 11.1. The smallest absolute Gasteiger partial charge is 0.230 e. The fraction of sp³-hybridized carbons (Fsp3) is 0.333. The van der Waals surface area contributed by atoms with E-state index in [1.54, 1.807) is 24.1 Å². The van der Waals surface area contributed by atoms with Crippen LogP contribution in [0.5, 0.6) is 0 Å². The van der Waals surface area contributed by atoms with Gasteiger partial charge < -0.3 is 15.8 Å². The highest BCUT2D eigenvalue weighted by molar-refractivity contribution is 6.30. The summed E-state index contributed by atoms with van der Waals surface area (Å²) in [5.74, 6) is -0.317. The van der Waals surface area contributed by atoms with Gasteiger partial charge in [0, 0.05) is 12.1 Å². The van der Waals surface area contributed by atoms with Gasteiger partial charge in [0.15, 0.2) is 0 Å². The van der Waals surface area contributed by atoms with Crippen molar-refractivity contribution in [2.45, 2.75) is 19.4 Å². The van der Waals surface area contributed by atoms with Gasteiger partial charge in [0.2, 0.25) is 5.91 Å². The van der Waals surface area contributed by atoms with Crippen molar-refractivity contribution in [3.05, 3.63) is 34.9 Å². The minimum atomic E-state index is -0.215. The van der Waals surface area contributed by atoms with E-state index < -0.39 is 0 Å². The van der Waals surface area contributed by atoms with Crippen molar-refractivity contribution >= 4 is 23.3 Å². The molecule has 0 heterocycles. The second-order valence-corrected chi connectivity index (χ2v) is 4.44. The van der Waals surface area contributed by atoms with E-state index in [1.807, 2.05) is 19.1 Å². The molecule has 1 amide bonds. The molecule has 0 radical (unpaired) electrons. The van der Waals surface area contributed by atoms with Gasteiger partial charge in [0.05, 0.1) is 12.5 Å². The molecule has 1 unspecified atom stereocenters. The van der Waals surface area contributed by atoms with Crippen LogP contribution < -0.4 is 5.73 Å². The summed E-state index contributed by atoms with van der Waals surface area (Å²) in [5.41, 5.74) is 6.27. The number of carbonyl (C=O) groups is 1. The highest BCUT2D eigenvalue weighted by atomic mass is 35.5. The standard InChI is InChI=1S/C12H16ClN3O2/c1-8(9-3-5-10(13)6-4-9)16(2)12(17)7-11(14)15-18/h3-6,8,18H,7H2,1-2H3,(H2,14,15). The highest BCUT2D eigenvalue weighted by Gasteiger charge is 2.18. The van der Waals surface area contributed by atoms with Crippen molar-refractivity contribution in [3.8, 4) is 0 Å². The lowest BCUT2D eigenvalue weighted by atomic mass is 10.1. The largest absolute Gasteiger partial charge is 0.409 e. The van der Waals surface area contributed by atoms with Crippen molar-refractivity contribution in [2.24, 2.45) is 10.9 Å². The van der Waals surface area contributed by atoms with Crippen molar-refractivity contribution in [2.75, 3.05) is 7.05 Å². The molecule has 0 saturated carbocycles. The van der Waals surface area contributed by atoms with Crippen LogP contribution in [-0.4, -0.2) is 28.9 Å². The second kappa shape index (κ2) is 6.26. The lowest BCUT2D eigenvalue weighted by Gasteiger charge is -2.25. The minimum absolute atomic E-state index is 0.102. The predicted molar refractivity (Wildman–Crippen MR) is 70.7 cm³/mol. The average molecular weight is 270 g/mol. The van der Waals surface area contributed by atoms with Gasteiger partial charge in [0.25, 0.3) is 0 Å². The zero-order valence-electron chi connectivity index (χ0n) is 10.3. The number of benzene rings is 1. The number of carbonyl (C=O) groups excluding carboxylic acids is 1. The van der Waals surface area contributed by atoms with Crippen LogP contribution in [0.25, 0.3) is 0 Å². The monoisotopic (exact) mass is 269 g/mol. The van der Waals surface area contributed by atoms with Crippen molar-refractivity contribution in [1.29, 1.82) is 0 Å². The average Bonchev–Trinajstić information content (AvgIpc) is 2.37. The van der Waals surface area contributed by atoms with Crippen molar-refractivity contribution < 1.29 is 10.0 Å². The molecule has 1 aromatic rings. The topological polar surface area (TPSA) is 78.9 Å². The highest BCUT2D eigenvalue weighted by Crippen LogP contribution is 2.21. The van der Waals surface area contributed by atoms with Crippen molar-refractivity contribution in [1.82, 2.24) is 4.90 Å². The number of amidine groups is 1. The maximum atomic E-state index is 11.8. The van der Waals surface area contributed by atoms with E-state index in [0.717, 1.165) is 5.56 Å². The Balaban J connectivity index is 2.74. The summed E-state index contributed by atoms with van der Waals surface area (Å²) in [7, 11) is 1.67. The molecule has 1 atom stereocenters. The minimum Gasteiger partial charge on any atom is -0.409 e. The molecular weight excluding hydrogens is 254 g/mol. The second-order valence-electron chi connectivity index (χ2n) is 4.00. The molecule has 5 nitrogen and oxygen atoms in total. The summed E-state index contributed by atoms with van der Waals surface area (Å²) in [6, 6.07) is 7.16. The number of halogens is 1. The van der Waals surface area contributed by atoms with Crippen LogP contribution in [-0.2, 0) is 4.79 Å². The van der Waals surface area contributed by atoms with Gasteiger partial charge in [-0.1, -0.05) is 28.9 Å². The molecule has 0 aromatic heterocycles. The van der Waals surface area contributed by atoms with E-state index in [1.165, 1.54) is 0 Å². The Labute approximate surface area is 111 Å². The molecule has 0 aliphatic carbocycles. The third kappa shape index (κ3) is 3.63. The fourth-order valence-corrected chi connectivity index (χ4v) is 1.62. The first-order valence-corrected chi connectivity index (χ1v) is 5.81. The summed E-state index contributed by atoms with van der Waals surface area (Å²) < 4.78 is 0. The van der Waals surface area contributed by atoms with Gasteiger partial charge in [0.1, 0.15) is 5.84 Å². The van der Waals surface area contributed by atoms with E-state index in [-0.39, 0.29) is 24.2 Å². The molecule has 18 heavy (non-hydrogen) atoms. The maximum absolute atomic E-state index is 11.8. The molecule has 98 valence electrons. The molecular formula is C12H16ClN3O2. The number of nitrogens with two attached hydrogens (primary N) is 1. The van der Waals surface area contributed by atoms with Crippen LogP contribution >= 0.6 is 11.6 Å². The quantitative estimate of drug-likeness (QED) is 0.380. The van der Waals surface area contributed by atoms with Crippen LogP contribution in [0.2, 0.25) is 5.02 Å². The Morgan fingerprint density at radius 3 is 2.56 bits per heavy atom. The summed E-state index contributed by atoms with van der Waals surface area (Å²) in [5, 5.41) is 11.9. The van der Waals surface area contributed by atoms with Crippen LogP contribution in [0, 0.1) is 0 Å². The Morgan fingerprint density at radius 2 is 2.06 bits per heavy atom. The molecule has 0 bridgehead atoms. The van der Waals surface area contributed by atoms with E-state index >= 15 is 0 Å². The van der Waals surface area contributed by atoms with E-state index in [2.05, 4.69) is 5.16 Å². The van der Waals surface area contributed by atoms with Crippen LogP contribution in [0.3, 0.4) is 0 Å². The van der Waals surface area contributed by atoms with Gasteiger partial charge in [-0.3, -0.25) is 4.79 Å². The third-order valence-corrected chi connectivity index (χ3v) is 3.04. The Hall–Kier alpha value is -1.75. The summed E-state index contributed by atoms with van der Waals surface area (Å²) in [6.07, 6.45) is -0.106. The first kappa shape index (κ1) is 14.3. The normalized spacial score (nSPS) is 13.2. The molecule has 6 heteroatoms. The predicted octanol–water partition coefficient (Wildman–Crippen LogP) is 2.00. The molecule has 0 aliphatic heterocycles. The maximum Gasteiger partial charge on any atom is 0.230 e. The van der Waals surface area contributed by atoms with E-state index in [0.29, 0.717) is 5.02 Å². The first-order chi connectivity index (χ1) is 8.45. The molecule has 1 aromatic carbocycles. The Bertz CT molecular complexity index is 445. The fourth-order valence-electron chi connectivity index (χ4n) is 1.50. The van der Waals surface area contributed by atoms with Crippen LogP contribution in [0.4, 0.5) is 0 Å². The molecule has 0 spiro atoms. The molecule has 0 saturated heterocycles. The lowest BCUT2D eigenvalue weighted by Crippen LogP contribution is -2.32. The van der Waals surface area contributed by atoms with Gasteiger partial charge in [-0.2, -0.15) is 0 Å². The van der Waals surface area contributed by atoms with E-state index in [4.69, 9.17) is 22.5 Å². The molecule has 1 rings (SSSR count). The van der Waals surface area contributed by atoms with Gasteiger partial charge >= 0.3 is 0 Å². The van der Waals surface area contributed by atoms with Crippen LogP contribution in [0.15, 0.2) is 29.4 Å². The number of rotatable bonds is 4.